The molecule has 0 aliphatic carbocycles. The summed E-state index contributed by atoms with van der Waals surface area (Å²) in [7, 11) is 0. The molecule has 8 rings (SSSR count). The van der Waals surface area contributed by atoms with E-state index in [0.29, 0.717) is 26.7 Å². The zero-order valence-corrected chi connectivity index (χ0v) is 28.6. The lowest BCUT2D eigenvalue weighted by atomic mass is 9.79. The summed E-state index contributed by atoms with van der Waals surface area (Å²) in [5.41, 5.74) is 3.53. The summed E-state index contributed by atoms with van der Waals surface area (Å²) in [6.45, 7) is 4.27. The van der Waals surface area contributed by atoms with Gasteiger partial charge in [-0.05, 0) is 59.8 Å². The Kier molecular flexibility index (Phi) is 8.79. The average Bonchev–Trinajstić information content (AvgIpc) is 3.45. The molecule has 6 heterocycles. The predicted molar refractivity (Wildman–Crippen MR) is 189 cm³/mol. The summed E-state index contributed by atoms with van der Waals surface area (Å²) in [6, 6.07) is 30.0. The van der Waals surface area contributed by atoms with Crippen molar-refractivity contribution in [3.63, 3.8) is 0 Å². The maximum Gasteiger partial charge on any atom is 0.193 e. The van der Waals surface area contributed by atoms with E-state index >= 15 is 0 Å². The topological polar surface area (TPSA) is 45.2 Å². The van der Waals surface area contributed by atoms with E-state index in [1.54, 1.807) is 0 Å². The number of alkyl halides is 3. The minimum absolute atomic E-state index is 0.638. The van der Waals surface area contributed by atoms with Gasteiger partial charge in [0.25, 0.3) is 0 Å². The second-order valence-electron chi connectivity index (χ2n) is 11.5. The van der Waals surface area contributed by atoms with Crippen molar-refractivity contribution >= 4 is 69.5 Å². The Morgan fingerprint density at radius 3 is 1.15 bits per heavy atom. The van der Waals surface area contributed by atoms with E-state index in [9.17, 15) is 0 Å². The van der Waals surface area contributed by atoms with Crippen molar-refractivity contribution in [3.05, 3.63) is 132 Å². The van der Waals surface area contributed by atoms with Crippen molar-refractivity contribution in [1.29, 1.82) is 0 Å². The third-order valence-corrected chi connectivity index (χ3v) is 9.88. The summed E-state index contributed by atoms with van der Waals surface area (Å²) in [4.78, 5) is 23.0. The Hall–Kier alpha value is -3.09. The molecule has 2 aromatic carbocycles. The molecule has 0 amide bonds. The molecular weight excluding hydrogens is 679 g/mol. The van der Waals surface area contributed by atoms with Crippen LogP contribution in [0.5, 0.6) is 0 Å². The van der Waals surface area contributed by atoms with E-state index < -0.39 is 15.6 Å². The first-order chi connectivity index (χ1) is 22.4. The number of thiocarbonyl (C=S) groups is 2. The number of hydrogen-bond acceptors (Lipinski definition) is 6. The highest BCUT2D eigenvalue weighted by Crippen LogP contribution is 2.64. The van der Waals surface area contributed by atoms with Crippen LogP contribution in [-0.2, 0) is 24.4 Å². The van der Waals surface area contributed by atoms with Gasteiger partial charge in [0.1, 0.15) is 0 Å². The normalized spacial score (nSPS) is 23.9. The quantitative estimate of drug-likeness (QED) is 0.173. The van der Waals surface area contributed by atoms with Gasteiger partial charge in [-0.2, -0.15) is 0 Å². The fourth-order valence-electron chi connectivity index (χ4n) is 7.49. The summed E-state index contributed by atoms with van der Waals surface area (Å²) >= 11 is 27.4. The van der Waals surface area contributed by atoms with Crippen LogP contribution in [0.1, 0.15) is 22.3 Å². The van der Waals surface area contributed by atoms with Crippen LogP contribution in [0.25, 0.3) is 0 Å². The van der Waals surface area contributed by atoms with Crippen LogP contribution in [0.15, 0.2) is 110 Å². The number of rotatable bonds is 6. The lowest BCUT2D eigenvalue weighted by Gasteiger charge is -2.56. The molecule has 0 unspecified atom stereocenters. The van der Waals surface area contributed by atoms with E-state index in [0.717, 1.165) is 23.3 Å². The van der Waals surface area contributed by atoms with Crippen molar-refractivity contribution in [2.24, 2.45) is 0 Å². The van der Waals surface area contributed by atoms with E-state index in [4.69, 9.17) is 59.2 Å². The largest absolute Gasteiger partial charge is 0.305 e. The molecule has 0 spiro atoms. The summed E-state index contributed by atoms with van der Waals surface area (Å²) in [5.74, 6) is 0. The molecule has 0 saturated carbocycles. The Bertz CT molecular complexity index is 1530. The second-order valence-corrected chi connectivity index (χ2v) is 14.2. The highest BCUT2D eigenvalue weighted by Gasteiger charge is 2.80. The molecule has 2 aromatic heterocycles. The number of nitrogens with zero attached hydrogens (tertiary/aromatic N) is 8. The van der Waals surface area contributed by atoms with Gasteiger partial charge in [-0.1, -0.05) is 95.5 Å². The fraction of sp³-hybridized carbons (Fsp3) is 0.273. The van der Waals surface area contributed by atoms with E-state index in [-0.39, 0.29) is 0 Å². The number of aromatic nitrogens is 2. The molecule has 236 valence electrons. The second kappa shape index (κ2) is 12.8. The molecule has 46 heavy (non-hydrogen) atoms. The summed E-state index contributed by atoms with van der Waals surface area (Å²) in [5, 5.41) is 1.66. The highest BCUT2D eigenvalue weighted by molar-refractivity contribution is 7.80. The van der Waals surface area contributed by atoms with Gasteiger partial charge in [-0.3, -0.25) is 19.8 Å². The number of pyridine rings is 2. The van der Waals surface area contributed by atoms with Crippen LogP contribution < -0.4 is 0 Å². The molecule has 8 nitrogen and oxygen atoms in total. The first-order valence-electron chi connectivity index (χ1n) is 14.8. The zero-order valence-electron chi connectivity index (χ0n) is 24.7. The van der Waals surface area contributed by atoms with Gasteiger partial charge in [-0.25, -0.2) is 0 Å². The molecule has 13 heteroatoms. The lowest BCUT2D eigenvalue weighted by molar-refractivity contribution is -0.162. The fourth-order valence-corrected chi connectivity index (χ4v) is 8.25. The predicted octanol–water partition coefficient (Wildman–Crippen LogP) is 6.14. The standard InChI is InChI=1S/C32H30N8S2.CHCl3/c41-29-37-21-35(19-25-11-15-33-16-12-25)22-38-30(42)40-24-36(20-26-13-17-34-18-14-26)23-39(29)32(40,28-9-5-2-6-10-28)31(37,38)27-7-3-1-4-8-27;2-1(3)4/h1-18H,19-24H2;1H. The molecule has 0 radical (unpaired) electrons. The average molecular weight is 710 g/mol. The SMILES string of the molecule is ClC(Cl)Cl.S=C1N2CN(Cc3ccncc3)CN3C(=S)N4CN(Cc5ccncc5)CN1C4(c1ccccc1)C23c1ccccc1. The summed E-state index contributed by atoms with van der Waals surface area (Å²) < 4.78 is -0.750. The van der Waals surface area contributed by atoms with Gasteiger partial charge in [-0.15, -0.1) is 0 Å². The van der Waals surface area contributed by atoms with Crippen molar-refractivity contribution in [2.45, 2.75) is 28.7 Å². The minimum Gasteiger partial charge on any atom is -0.305 e. The molecule has 4 aliphatic rings. The third kappa shape index (κ3) is 5.02. The van der Waals surface area contributed by atoms with Crippen molar-refractivity contribution in [3.8, 4) is 0 Å². The lowest BCUT2D eigenvalue weighted by Crippen LogP contribution is -2.70. The Morgan fingerprint density at radius 1 is 0.543 bits per heavy atom. The first kappa shape index (κ1) is 31.5. The van der Waals surface area contributed by atoms with E-state index in [2.05, 4.69) is 124 Å². The van der Waals surface area contributed by atoms with Gasteiger partial charge in [0.15, 0.2) is 25.8 Å². The molecule has 0 atom stereocenters. The minimum atomic E-state index is -0.750. The molecule has 0 bridgehead atoms. The molecule has 4 saturated heterocycles. The first-order valence-corrected chi connectivity index (χ1v) is 16.9. The molecular formula is C33H31Cl3N8S2. The Balaban J connectivity index is 0.000000801. The maximum atomic E-state index is 6.49. The van der Waals surface area contributed by atoms with Gasteiger partial charge < -0.3 is 19.6 Å². The van der Waals surface area contributed by atoms with Crippen molar-refractivity contribution < 1.29 is 0 Å². The Labute approximate surface area is 294 Å². The third-order valence-electron chi connectivity index (χ3n) is 9.00. The van der Waals surface area contributed by atoms with Crippen molar-refractivity contribution in [1.82, 2.24) is 39.4 Å². The molecule has 4 aromatic rings. The zero-order chi connectivity index (χ0) is 31.9. The van der Waals surface area contributed by atoms with Crippen LogP contribution in [0.3, 0.4) is 0 Å². The van der Waals surface area contributed by atoms with E-state index in [1.807, 2.05) is 24.8 Å². The van der Waals surface area contributed by atoms with Crippen LogP contribution >= 0.6 is 59.2 Å². The van der Waals surface area contributed by atoms with Crippen LogP contribution in [-0.4, -0.2) is 80.6 Å². The van der Waals surface area contributed by atoms with Gasteiger partial charge in [0.05, 0.1) is 26.7 Å². The maximum absolute atomic E-state index is 6.49. The number of hydrogen-bond donors (Lipinski definition) is 0. The Morgan fingerprint density at radius 2 is 0.848 bits per heavy atom. The monoisotopic (exact) mass is 708 g/mol. The molecule has 4 fully saturated rings. The smallest absolute Gasteiger partial charge is 0.193 e. The summed E-state index contributed by atoms with van der Waals surface area (Å²) in [6.07, 6.45) is 7.42. The van der Waals surface area contributed by atoms with Gasteiger partial charge in [0, 0.05) is 49.0 Å². The highest BCUT2D eigenvalue weighted by atomic mass is 35.6. The number of halogens is 3. The molecule has 4 aliphatic heterocycles. The van der Waals surface area contributed by atoms with Crippen LogP contribution in [0.4, 0.5) is 0 Å². The van der Waals surface area contributed by atoms with Crippen LogP contribution in [0.2, 0.25) is 0 Å². The molecule has 0 N–H and O–H groups in total. The van der Waals surface area contributed by atoms with Crippen LogP contribution in [0, 0.1) is 0 Å². The van der Waals surface area contributed by atoms with E-state index in [1.165, 1.54) is 22.3 Å². The van der Waals surface area contributed by atoms with Gasteiger partial charge >= 0.3 is 0 Å². The number of benzene rings is 2. The van der Waals surface area contributed by atoms with Crippen molar-refractivity contribution in [2.75, 3.05) is 26.7 Å². The van der Waals surface area contributed by atoms with Gasteiger partial charge in [0.2, 0.25) is 0 Å².